The fraction of sp³-hybridized carbons (Fsp3) is 0.353. The Morgan fingerprint density at radius 2 is 1.67 bits per heavy atom. The SMILES string of the molecule is CCCn1cc(Cc2ccc(C(=O)NS(=O)(=O)c3ccccc3C)cc2OC)c2cc(C(=O)NCC3CCCC3)ccc21. The predicted molar refractivity (Wildman–Crippen MR) is 168 cm³/mol. The number of nitrogens with one attached hydrogen (secondary N) is 2. The number of carbonyl (C=O) groups excluding carboxylic acids is 2. The molecule has 0 radical (unpaired) electrons. The molecule has 1 aliphatic rings. The molecule has 4 aromatic rings. The highest BCUT2D eigenvalue weighted by atomic mass is 32.2. The number of ether oxygens (including phenoxy) is 1. The fourth-order valence-electron chi connectivity index (χ4n) is 5.96. The standard InChI is InChI=1S/C34H39N3O5S/c1-4-17-37-22-28(29-19-26(15-16-30(29)37)33(38)35-21-24-10-6-7-11-24)18-25-13-14-27(20-31(25)42-3)34(39)36-43(40,41)32-12-8-5-9-23(32)2/h5,8-9,12-16,19-20,22,24H,4,6-7,10-11,17-18,21H2,1-3H3,(H,35,38)(H,36,39). The summed E-state index contributed by atoms with van der Waals surface area (Å²) in [5.41, 5.74) is 4.29. The largest absolute Gasteiger partial charge is 0.496 e. The number of hydrogen-bond acceptors (Lipinski definition) is 5. The van der Waals surface area contributed by atoms with Gasteiger partial charge in [0.2, 0.25) is 0 Å². The molecule has 9 heteroatoms. The van der Waals surface area contributed by atoms with Crippen LogP contribution in [0, 0.1) is 12.8 Å². The van der Waals surface area contributed by atoms with Gasteiger partial charge in [-0.05, 0) is 85.2 Å². The normalized spacial score (nSPS) is 13.7. The van der Waals surface area contributed by atoms with Crippen molar-refractivity contribution in [1.29, 1.82) is 0 Å². The molecule has 226 valence electrons. The van der Waals surface area contributed by atoms with Crippen molar-refractivity contribution < 1.29 is 22.7 Å². The molecule has 1 aliphatic carbocycles. The van der Waals surface area contributed by atoms with Crippen LogP contribution in [0.1, 0.15) is 76.4 Å². The van der Waals surface area contributed by atoms with Gasteiger partial charge in [-0.1, -0.05) is 44.0 Å². The molecule has 2 N–H and O–H groups in total. The molecular weight excluding hydrogens is 562 g/mol. The number of fused-ring (bicyclic) bond motifs is 1. The van der Waals surface area contributed by atoms with Crippen LogP contribution in [0.2, 0.25) is 0 Å². The molecule has 2 amide bonds. The number of methoxy groups -OCH3 is 1. The van der Waals surface area contributed by atoms with Crippen LogP contribution in [0.4, 0.5) is 0 Å². The summed E-state index contributed by atoms with van der Waals surface area (Å²) in [7, 11) is -2.51. The van der Waals surface area contributed by atoms with E-state index >= 15 is 0 Å². The lowest BCUT2D eigenvalue weighted by Gasteiger charge is -2.12. The van der Waals surface area contributed by atoms with E-state index in [0.29, 0.717) is 35.8 Å². The minimum absolute atomic E-state index is 0.0574. The van der Waals surface area contributed by atoms with E-state index < -0.39 is 15.9 Å². The first-order chi connectivity index (χ1) is 20.7. The smallest absolute Gasteiger partial charge is 0.265 e. The second-order valence-electron chi connectivity index (χ2n) is 11.3. The molecule has 0 atom stereocenters. The molecule has 1 fully saturated rings. The number of aryl methyl sites for hydroxylation is 2. The van der Waals surface area contributed by atoms with E-state index in [2.05, 4.69) is 27.7 Å². The van der Waals surface area contributed by atoms with Gasteiger partial charge in [0.1, 0.15) is 5.75 Å². The number of aromatic nitrogens is 1. The Balaban J connectivity index is 1.39. The van der Waals surface area contributed by atoms with Crippen LogP contribution in [0.5, 0.6) is 5.75 Å². The zero-order valence-corrected chi connectivity index (χ0v) is 25.8. The van der Waals surface area contributed by atoms with Gasteiger partial charge in [-0.15, -0.1) is 0 Å². The van der Waals surface area contributed by atoms with Gasteiger partial charge in [-0.25, -0.2) is 13.1 Å². The highest BCUT2D eigenvalue weighted by Gasteiger charge is 2.22. The first-order valence-corrected chi connectivity index (χ1v) is 16.4. The Hall–Kier alpha value is -4.11. The van der Waals surface area contributed by atoms with Crippen molar-refractivity contribution in [2.24, 2.45) is 5.92 Å². The summed E-state index contributed by atoms with van der Waals surface area (Å²) in [6.45, 7) is 5.36. The highest BCUT2D eigenvalue weighted by Crippen LogP contribution is 2.30. The fourth-order valence-corrected chi connectivity index (χ4v) is 7.18. The van der Waals surface area contributed by atoms with E-state index in [0.717, 1.165) is 35.0 Å². The number of sulfonamides is 1. The summed E-state index contributed by atoms with van der Waals surface area (Å²) < 4.78 is 35.8. The Labute approximate surface area is 253 Å². The molecule has 0 spiro atoms. The summed E-state index contributed by atoms with van der Waals surface area (Å²) in [5.74, 6) is 0.245. The maximum atomic E-state index is 13.0. The van der Waals surface area contributed by atoms with E-state index in [1.807, 2.05) is 18.2 Å². The predicted octanol–water partition coefficient (Wildman–Crippen LogP) is 6.00. The number of rotatable bonds is 11. The van der Waals surface area contributed by atoms with Crippen LogP contribution in [0.15, 0.2) is 71.8 Å². The van der Waals surface area contributed by atoms with Crippen molar-refractivity contribution in [3.63, 3.8) is 0 Å². The van der Waals surface area contributed by atoms with Gasteiger partial charge < -0.3 is 14.6 Å². The van der Waals surface area contributed by atoms with Crippen LogP contribution in [-0.4, -0.2) is 38.5 Å². The second-order valence-corrected chi connectivity index (χ2v) is 13.0. The Bertz CT molecular complexity index is 1750. The van der Waals surface area contributed by atoms with Crippen LogP contribution in [0.3, 0.4) is 0 Å². The van der Waals surface area contributed by atoms with Gasteiger partial charge in [0.25, 0.3) is 21.8 Å². The Kier molecular flexibility index (Phi) is 9.20. The molecule has 1 aromatic heterocycles. The minimum atomic E-state index is -4.04. The van der Waals surface area contributed by atoms with E-state index in [-0.39, 0.29) is 16.4 Å². The maximum absolute atomic E-state index is 13.0. The quantitative estimate of drug-likeness (QED) is 0.219. The summed E-state index contributed by atoms with van der Waals surface area (Å²) in [4.78, 5) is 26.1. The van der Waals surface area contributed by atoms with Crippen LogP contribution in [-0.2, 0) is 23.0 Å². The Morgan fingerprint density at radius 1 is 0.953 bits per heavy atom. The minimum Gasteiger partial charge on any atom is -0.496 e. The van der Waals surface area contributed by atoms with Crippen molar-refractivity contribution in [3.8, 4) is 5.75 Å². The maximum Gasteiger partial charge on any atom is 0.265 e. The first kappa shape index (κ1) is 30.4. The molecule has 8 nitrogen and oxygen atoms in total. The molecule has 0 aliphatic heterocycles. The van der Waals surface area contributed by atoms with Crippen molar-refractivity contribution in [1.82, 2.24) is 14.6 Å². The van der Waals surface area contributed by atoms with Crippen molar-refractivity contribution in [3.05, 3.63) is 94.7 Å². The number of carbonyl (C=O) groups is 2. The molecule has 0 bridgehead atoms. The van der Waals surface area contributed by atoms with Gasteiger partial charge in [0.15, 0.2) is 0 Å². The topological polar surface area (TPSA) is 106 Å². The van der Waals surface area contributed by atoms with E-state index in [9.17, 15) is 18.0 Å². The monoisotopic (exact) mass is 601 g/mol. The van der Waals surface area contributed by atoms with Gasteiger partial charge in [0.05, 0.1) is 12.0 Å². The molecule has 1 heterocycles. The van der Waals surface area contributed by atoms with Gasteiger partial charge in [-0.3, -0.25) is 9.59 Å². The van der Waals surface area contributed by atoms with Gasteiger partial charge in [-0.2, -0.15) is 0 Å². The summed E-state index contributed by atoms with van der Waals surface area (Å²) >= 11 is 0. The third-order valence-electron chi connectivity index (χ3n) is 8.26. The number of benzene rings is 3. The van der Waals surface area contributed by atoms with Gasteiger partial charge in [0, 0.05) is 47.7 Å². The molecule has 0 saturated heterocycles. The molecule has 0 unspecified atom stereocenters. The van der Waals surface area contributed by atoms with Crippen LogP contribution >= 0.6 is 0 Å². The summed E-state index contributed by atoms with van der Waals surface area (Å²) in [6.07, 6.45) is 8.41. The number of nitrogens with zero attached hydrogens (tertiary/aromatic N) is 1. The van der Waals surface area contributed by atoms with Crippen molar-refractivity contribution in [2.75, 3.05) is 13.7 Å². The first-order valence-electron chi connectivity index (χ1n) is 14.9. The third kappa shape index (κ3) is 6.77. The van der Waals surface area contributed by atoms with E-state index in [1.165, 1.54) is 38.9 Å². The summed E-state index contributed by atoms with van der Waals surface area (Å²) in [5, 5.41) is 4.12. The van der Waals surface area contributed by atoms with Crippen molar-refractivity contribution in [2.45, 2.75) is 63.8 Å². The lowest BCUT2D eigenvalue weighted by molar-refractivity contribution is 0.0945. The summed E-state index contributed by atoms with van der Waals surface area (Å²) in [6, 6.07) is 17.3. The van der Waals surface area contributed by atoms with Crippen LogP contribution in [0.25, 0.3) is 10.9 Å². The second kappa shape index (κ2) is 13.0. The third-order valence-corrected chi connectivity index (χ3v) is 9.75. The molecule has 1 saturated carbocycles. The molecular formula is C34H39N3O5S. The average Bonchev–Trinajstić information content (AvgIpc) is 3.64. The van der Waals surface area contributed by atoms with Crippen LogP contribution < -0.4 is 14.8 Å². The van der Waals surface area contributed by atoms with E-state index in [1.54, 1.807) is 43.3 Å². The van der Waals surface area contributed by atoms with E-state index in [4.69, 9.17) is 4.74 Å². The highest BCUT2D eigenvalue weighted by molar-refractivity contribution is 7.90. The average molecular weight is 602 g/mol. The lowest BCUT2D eigenvalue weighted by atomic mass is 10.0. The van der Waals surface area contributed by atoms with Gasteiger partial charge >= 0.3 is 0 Å². The molecule has 5 rings (SSSR count). The zero-order chi connectivity index (χ0) is 30.6. The number of amides is 2. The molecule has 3 aromatic carbocycles. The van der Waals surface area contributed by atoms with Crippen molar-refractivity contribution >= 4 is 32.7 Å². The zero-order valence-electron chi connectivity index (χ0n) is 25.0. The lowest BCUT2D eigenvalue weighted by Crippen LogP contribution is -2.31. The molecule has 43 heavy (non-hydrogen) atoms. The number of hydrogen-bond donors (Lipinski definition) is 2. The Morgan fingerprint density at radius 3 is 2.40 bits per heavy atom.